The molecule has 0 aliphatic carbocycles. The van der Waals surface area contributed by atoms with E-state index in [1.165, 1.54) is 0 Å². The van der Waals surface area contributed by atoms with Crippen LogP contribution in [0.4, 0.5) is 0 Å². The highest BCUT2D eigenvalue weighted by Crippen LogP contribution is 2.17. The molecule has 0 saturated carbocycles. The van der Waals surface area contributed by atoms with E-state index in [2.05, 4.69) is 16.3 Å². The summed E-state index contributed by atoms with van der Waals surface area (Å²) in [6.07, 6.45) is 1.78. The molecule has 7 heteroatoms. The molecule has 142 valence electrons. The summed E-state index contributed by atoms with van der Waals surface area (Å²) in [7, 11) is 1.76. The number of aryl methyl sites for hydroxylation is 3. The first-order valence-corrected chi connectivity index (χ1v) is 9.32. The number of carbonyl (C=O) groups excluding carboxylic acids is 1. The second-order valence-corrected chi connectivity index (χ2v) is 7.13. The molecule has 0 spiro atoms. The molecule has 1 aromatic carbocycles. The smallest absolute Gasteiger partial charge is 0.253 e. The lowest BCUT2D eigenvalue weighted by atomic mass is 10.1. The van der Waals surface area contributed by atoms with Crippen molar-refractivity contribution in [3.8, 4) is 0 Å². The van der Waals surface area contributed by atoms with E-state index < -0.39 is 0 Å². The van der Waals surface area contributed by atoms with Crippen molar-refractivity contribution in [1.82, 2.24) is 24.5 Å². The summed E-state index contributed by atoms with van der Waals surface area (Å²) in [5.74, 6) is -0.0604. The Kier molecular flexibility index (Phi) is 5.65. The van der Waals surface area contributed by atoms with Crippen LogP contribution in [0.2, 0.25) is 5.02 Å². The van der Waals surface area contributed by atoms with E-state index in [4.69, 9.17) is 11.6 Å². The Balaban J connectivity index is 1.67. The largest absolute Gasteiger partial charge is 0.336 e. The van der Waals surface area contributed by atoms with Crippen LogP contribution in [0.15, 0.2) is 36.5 Å². The van der Waals surface area contributed by atoms with Gasteiger partial charge in [-0.05, 0) is 44.5 Å². The first-order valence-electron chi connectivity index (χ1n) is 8.94. The number of amides is 1. The Morgan fingerprint density at radius 3 is 2.44 bits per heavy atom. The second-order valence-electron chi connectivity index (χ2n) is 6.72. The monoisotopic (exact) mass is 385 g/mol. The van der Waals surface area contributed by atoms with Crippen LogP contribution in [0.3, 0.4) is 0 Å². The van der Waals surface area contributed by atoms with Crippen molar-refractivity contribution < 1.29 is 4.79 Å². The van der Waals surface area contributed by atoms with Gasteiger partial charge in [-0.3, -0.25) is 14.2 Å². The van der Waals surface area contributed by atoms with Gasteiger partial charge >= 0.3 is 0 Å². The Morgan fingerprint density at radius 2 is 1.89 bits per heavy atom. The molecule has 27 heavy (non-hydrogen) atoms. The fourth-order valence-electron chi connectivity index (χ4n) is 2.98. The summed E-state index contributed by atoms with van der Waals surface area (Å²) in [6, 6.07) is 9.70. The summed E-state index contributed by atoms with van der Waals surface area (Å²) in [6.45, 7) is 7.82. The number of hydrogen-bond acceptors (Lipinski definition) is 3. The van der Waals surface area contributed by atoms with E-state index >= 15 is 0 Å². The van der Waals surface area contributed by atoms with Gasteiger partial charge in [0.2, 0.25) is 0 Å². The molecule has 0 N–H and O–H groups in total. The normalized spacial score (nSPS) is 11.0. The van der Waals surface area contributed by atoms with Crippen molar-refractivity contribution in [1.29, 1.82) is 0 Å². The third-order valence-corrected chi connectivity index (χ3v) is 4.80. The van der Waals surface area contributed by atoms with Crippen LogP contribution in [0.1, 0.15) is 39.9 Å². The van der Waals surface area contributed by atoms with Gasteiger partial charge in [0.15, 0.2) is 0 Å². The van der Waals surface area contributed by atoms with Crippen LogP contribution in [0.25, 0.3) is 0 Å². The van der Waals surface area contributed by atoms with Gasteiger partial charge in [-0.15, -0.1) is 0 Å². The highest BCUT2D eigenvalue weighted by atomic mass is 35.5. The van der Waals surface area contributed by atoms with Crippen molar-refractivity contribution in [3.63, 3.8) is 0 Å². The molecule has 3 rings (SSSR count). The fourth-order valence-corrected chi connectivity index (χ4v) is 3.19. The van der Waals surface area contributed by atoms with Crippen molar-refractivity contribution >= 4 is 17.5 Å². The molecule has 0 radical (unpaired) electrons. The predicted molar refractivity (Wildman–Crippen MR) is 106 cm³/mol. The van der Waals surface area contributed by atoms with Crippen LogP contribution in [-0.2, 0) is 19.6 Å². The van der Waals surface area contributed by atoms with Gasteiger partial charge < -0.3 is 4.90 Å². The van der Waals surface area contributed by atoms with Crippen molar-refractivity contribution in [2.75, 3.05) is 7.05 Å². The third-order valence-electron chi connectivity index (χ3n) is 4.48. The maximum Gasteiger partial charge on any atom is 0.253 e. The van der Waals surface area contributed by atoms with Crippen LogP contribution < -0.4 is 0 Å². The van der Waals surface area contributed by atoms with Gasteiger partial charge in [0, 0.05) is 31.0 Å². The lowest BCUT2D eigenvalue weighted by molar-refractivity contribution is 0.0783. The molecule has 0 saturated heterocycles. The Bertz CT molecular complexity index is 942. The van der Waals surface area contributed by atoms with E-state index in [-0.39, 0.29) is 5.91 Å². The maximum absolute atomic E-state index is 12.7. The molecule has 6 nitrogen and oxygen atoms in total. The standard InChI is InChI=1S/C20H24ClN5O/c1-5-25-12-18(21)19(23-25)13-24(4)20(27)17-8-6-16(7-9-17)11-26-15(3)10-14(2)22-26/h6-10,12H,5,11,13H2,1-4H3. The number of nitrogens with zero attached hydrogens (tertiary/aromatic N) is 5. The zero-order valence-corrected chi connectivity index (χ0v) is 16.9. The number of hydrogen-bond donors (Lipinski definition) is 0. The third kappa shape index (κ3) is 4.39. The zero-order valence-electron chi connectivity index (χ0n) is 16.1. The molecule has 2 heterocycles. The lowest BCUT2D eigenvalue weighted by Crippen LogP contribution is -2.26. The Morgan fingerprint density at radius 1 is 1.19 bits per heavy atom. The molecule has 1 amide bonds. The second kappa shape index (κ2) is 7.96. The summed E-state index contributed by atoms with van der Waals surface area (Å²) in [5, 5.41) is 9.45. The van der Waals surface area contributed by atoms with Crippen molar-refractivity contribution in [3.05, 3.63) is 69.8 Å². The molecule has 2 aromatic heterocycles. The van der Waals surface area contributed by atoms with Crippen LogP contribution >= 0.6 is 11.6 Å². The van der Waals surface area contributed by atoms with E-state index in [1.807, 2.05) is 49.7 Å². The Labute approximate surface area is 164 Å². The highest BCUT2D eigenvalue weighted by Gasteiger charge is 2.16. The van der Waals surface area contributed by atoms with Gasteiger partial charge in [-0.1, -0.05) is 23.7 Å². The summed E-state index contributed by atoms with van der Waals surface area (Å²) in [5.41, 5.74) is 4.57. The van der Waals surface area contributed by atoms with Gasteiger partial charge in [0.05, 0.1) is 23.8 Å². The summed E-state index contributed by atoms with van der Waals surface area (Å²) >= 11 is 6.20. The molecule has 0 unspecified atom stereocenters. The summed E-state index contributed by atoms with van der Waals surface area (Å²) in [4.78, 5) is 14.3. The van der Waals surface area contributed by atoms with Crippen molar-refractivity contribution in [2.24, 2.45) is 0 Å². The number of halogens is 1. The average molecular weight is 386 g/mol. The highest BCUT2D eigenvalue weighted by molar-refractivity contribution is 6.31. The van der Waals surface area contributed by atoms with Crippen LogP contribution in [0.5, 0.6) is 0 Å². The summed E-state index contributed by atoms with van der Waals surface area (Å²) < 4.78 is 3.73. The fraction of sp³-hybridized carbons (Fsp3) is 0.350. The number of aromatic nitrogens is 4. The first kappa shape index (κ1) is 19.2. The minimum atomic E-state index is -0.0604. The predicted octanol–water partition coefficient (Wildman–Crippen LogP) is 3.69. The minimum Gasteiger partial charge on any atom is -0.336 e. The quantitative estimate of drug-likeness (QED) is 0.650. The van der Waals surface area contributed by atoms with Crippen LogP contribution in [0, 0.1) is 13.8 Å². The van der Waals surface area contributed by atoms with Gasteiger partial charge in [-0.2, -0.15) is 10.2 Å². The van der Waals surface area contributed by atoms with Gasteiger partial charge in [0.1, 0.15) is 5.69 Å². The number of carbonyl (C=O) groups is 1. The van der Waals surface area contributed by atoms with E-state index in [9.17, 15) is 4.79 Å². The average Bonchev–Trinajstić information content (AvgIpc) is 3.16. The lowest BCUT2D eigenvalue weighted by Gasteiger charge is -2.16. The topological polar surface area (TPSA) is 56.0 Å². The maximum atomic E-state index is 12.7. The SMILES string of the molecule is CCn1cc(Cl)c(CN(C)C(=O)c2ccc(Cn3nc(C)cc3C)cc2)n1. The zero-order chi connectivity index (χ0) is 19.6. The minimum absolute atomic E-state index is 0.0604. The van der Waals surface area contributed by atoms with Gasteiger partial charge in [-0.25, -0.2) is 0 Å². The van der Waals surface area contributed by atoms with E-state index in [1.54, 1.807) is 22.8 Å². The molecule has 0 atom stereocenters. The molecular formula is C20H24ClN5O. The molecule has 0 aliphatic heterocycles. The van der Waals surface area contributed by atoms with E-state index in [0.717, 1.165) is 23.5 Å². The molecule has 0 fully saturated rings. The van der Waals surface area contributed by atoms with Crippen molar-refractivity contribution in [2.45, 2.75) is 40.4 Å². The molecule has 0 aliphatic rings. The first-order chi connectivity index (χ1) is 12.9. The Hall–Kier alpha value is -2.60. The number of rotatable bonds is 6. The molecule has 0 bridgehead atoms. The molecular weight excluding hydrogens is 362 g/mol. The van der Waals surface area contributed by atoms with E-state index in [0.29, 0.717) is 29.4 Å². The molecule has 3 aromatic rings. The number of benzene rings is 1. The van der Waals surface area contributed by atoms with Crippen LogP contribution in [-0.4, -0.2) is 37.4 Å². The van der Waals surface area contributed by atoms with Gasteiger partial charge in [0.25, 0.3) is 5.91 Å².